The number of likely N-dealkylation sites (tertiary alicyclic amines) is 1. The number of rotatable bonds is 8. The Kier molecular flexibility index (Phi) is 9.20. The number of sulfonamides is 1. The van der Waals surface area contributed by atoms with Crippen LogP contribution < -0.4 is 10.0 Å². The van der Waals surface area contributed by atoms with E-state index in [1.807, 2.05) is 6.26 Å². The van der Waals surface area contributed by atoms with Crippen molar-refractivity contribution in [2.45, 2.75) is 62.6 Å². The predicted octanol–water partition coefficient (Wildman–Crippen LogP) is 2.60. The van der Waals surface area contributed by atoms with Gasteiger partial charge in [-0.1, -0.05) is 18.2 Å². The summed E-state index contributed by atoms with van der Waals surface area (Å²) in [4.78, 5) is 26.9. The van der Waals surface area contributed by atoms with E-state index >= 15 is 0 Å². The van der Waals surface area contributed by atoms with E-state index in [4.69, 9.17) is 4.74 Å². The average Bonchev–Trinajstić information content (AvgIpc) is 2.70. The lowest BCUT2D eigenvalue weighted by Crippen LogP contribution is -2.53. The molecule has 0 radical (unpaired) electrons. The molecular formula is C21H33N3O5S2. The first kappa shape index (κ1) is 25.5. The average molecular weight is 472 g/mol. The molecule has 8 nitrogen and oxygen atoms in total. The number of hydrogen-bond donors (Lipinski definition) is 2. The summed E-state index contributed by atoms with van der Waals surface area (Å²) in [5.41, 5.74) is -0.568. The number of amides is 2. The Bertz CT molecular complexity index is 832. The van der Waals surface area contributed by atoms with Gasteiger partial charge in [0.05, 0.1) is 4.90 Å². The Morgan fingerprint density at radius 3 is 2.35 bits per heavy atom. The summed E-state index contributed by atoms with van der Waals surface area (Å²) in [6.45, 7) is 6.31. The van der Waals surface area contributed by atoms with E-state index in [1.54, 1.807) is 55.6 Å². The van der Waals surface area contributed by atoms with Gasteiger partial charge in [0.1, 0.15) is 11.6 Å². The molecule has 2 amide bonds. The van der Waals surface area contributed by atoms with E-state index in [0.29, 0.717) is 38.1 Å². The third kappa shape index (κ3) is 8.34. The van der Waals surface area contributed by atoms with Gasteiger partial charge >= 0.3 is 6.09 Å². The smallest absolute Gasteiger partial charge is 0.407 e. The minimum atomic E-state index is -3.80. The van der Waals surface area contributed by atoms with Gasteiger partial charge < -0.3 is 15.0 Å². The fourth-order valence-corrected chi connectivity index (χ4v) is 4.98. The van der Waals surface area contributed by atoms with Crippen LogP contribution >= 0.6 is 11.8 Å². The van der Waals surface area contributed by atoms with Gasteiger partial charge in [-0.05, 0) is 64.2 Å². The van der Waals surface area contributed by atoms with Gasteiger partial charge in [-0.3, -0.25) is 4.79 Å². The zero-order valence-corrected chi connectivity index (χ0v) is 20.2. The molecule has 0 bridgehead atoms. The van der Waals surface area contributed by atoms with Crippen molar-refractivity contribution in [3.05, 3.63) is 30.3 Å². The number of alkyl carbamates (subject to hydrolysis) is 1. The van der Waals surface area contributed by atoms with E-state index in [9.17, 15) is 18.0 Å². The number of nitrogens with zero attached hydrogens (tertiary/aromatic N) is 1. The van der Waals surface area contributed by atoms with Crippen LogP contribution in [0, 0.1) is 0 Å². The molecule has 0 saturated carbocycles. The first-order valence-corrected chi connectivity index (χ1v) is 13.2. The largest absolute Gasteiger partial charge is 0.444 e. The normalized spacial score (nSPS) is 16.6. The Balaban J connectivity index is 1.97. The second-order valence-corrected chi connectivity index (χ2v) is 11.2. The number of carbonyl (C=O) groups is 2. The van der Waals surface area contributed by atoms with Gasteiger partial charge in [-0.2, -0.15) is 16.5 Å². The van der Waals surface area contributed by atoms with Crippen molar-refractivity contribution in [1.82, 2.24) is 14.9 Å². The van der Waals surface area contributed by atoms with Crippen LogP contribution in [0.15, 0.2) is 35.2 Å². The lowest BCUT2D eigenvalue weighted by atomic mass is 10.0. The Morgan fingerprint density at radius 2 is 1.81 bits per heavy atom. The van der Waals surface area contributed by atoms with E-state index in [0.717, 1.165) is 0 Å². The zero-order valence-electron chi connectivity index (χ0n) is 18.6. The van der Waals surface area contributed by atoms with Crippen LogP contribution in [-0.2, 0) is 19.6 Å². The van der Waals surface area contributed by atoms with Gasteiger partial charge in [0, 0.05) is 19.1 Å². The number of hydrogen-bond acceptors (Lipinski definition) is 6. The fourth-order valence-electron chi connectivity index (χ4n) is 3.26. The highest BCUT2D eigenvalue weighted by Gasteiger charge is 2.32. The van der Waals surface area contributed by atoms with Crippen molar-refractivity contribution < 1.29 is 22.7 Å². The minimum Gasteiger partial charge on any atom is -0.444 e. The van der Waals surface area contributed by atoms with Crippen LogP contribution in [0.5, 0.6) is 0 Å². The molecule has 1 atom stereocenters. The molecule has 0 aromatic heterocycles. The molecule has 0 aliphatic carbocycles. The van der Waals surface area contributed by atoms with Gasteiger partial charge in [0.15, 0.2) is 0 Å². The summed E-state index contributed by atoms with van der Waals surface area (Å²) < 4.78 is 33.3. The number of carbonyl (C=O) groups excluding carboxylic acids is 2. The van der Waals surface area contributed by atoms with Gasteiger partial charge in [0.2, 0.25) is 15.9 Å². The molecule has 0 spiro atoms. The molecule has 1 fully saturated rings. The lowest BCUT2D eigenvalue weighted by molar-refractivity contribution is -0.134. The van der Waals surface area contributed by atoms with Crippen LogP contribution in [0.3, 0.4) is 0 Å². The maximum atomic E-state index is 13.1. The second kappa shape index (κ2) is 11.2. The quantitative estimate of drug-likeness (QED) is 0.604. The summed E-state index contributed by atoms with van der Waals surface area (Å²) in [6.07, 6.45) is 3.03. The molecule has 10 heteroatoms. The van der Waals surface area contributed by atoms with Crippen molar-refractivity contribution >= 4 is 33.8 Å². The number of ether oxygens (including phenoxy) is 1. The second-order valence-electron chi connectivity index (χ2n) is 8.51. The van der Waals surface area contributed by atoms with Crippen molar-refractivity contribution in [3.8, 4) is 0 Å². The van der Waals surface area contributed by atoms with E-state index < -0.39 is 27.8 Å². The molecule has 1 heterocycles. The fraction of sp³-hybridized carbons (Fsp3) is 0.619. The summed E-state index contributed by atoms with van der Waals surface area (Å²) in [6, 6.07) is 7.15. The number of piperidine rings is 1. The van der Waals surface area contributed by atoms with Gasteiger partial charge in [-0.25, -0.2) is 13.2 Å². The molecule has 1 aliphatic rings. The lowest BCUT2D eigenvalue weighted by Gasteiger charge is -2.35. The Hall–Kier alpha value is -1.78. The van der Waals surface area contributed by atoms with Crippen LogP contribution in [0.2, 0.25) is 0 Å². The van der Waals surface area contributed by atoms with Crippen LogP contribution in [0.25, 0.3) is 0 Å². The zero-order chi connectivity index (χ0) is 23.1. The molecule has 31 heavy (non-hydrogen) atoms. The van der Waals surface area contributed by atoms with E-state index in [-0.39, 0.29) is 16.8 Å². The van der Waals surface area contributed by atoms with E-state index in [2.05, 4.69) is 10.0 Å². The monoisotopic (exact) mass is 471 g/mol. The highest BCUT2D eigenvalue weighted by atomic mass is 32.2. The third-order valence-electron chi connectivity index (χ3n) is 4.79. The molecule has 1 aromatic rings. The molecule has 2 rings (SSSR count). The van der Waals surface area contributed by atoms with E-state index in [1.165, 1.54) is 12.1 Å². The van der Waals surface area contributed by atoms with Crippen LogP contribution in [-0.4, -0.2) is 68.1 Å². The maximum Gasteiger partial charge on any atom is 0.407 e. The molecule has 2 N–H and O–H groups in total. The predicted molar refractivity (Wildman–Crippen MR) is 123 cm³/mol. The van der Waals surface area contributed by atoms with Gasteiger partial charge in [-0.15, -0.1) is 0 Å². The maximum absolute atomic E-state index is 13.1. The Labute approximate surface area is 189 Å². The first-order valence-electron chi connectivity index (χ1n) is 10.4. The summed E-state index contributed by atoms with van der Waals surface area (Å²) in [5.74, 6) is 0.425. The van der Waals surface area contributed by atoms with Crippen LogP contribution in [0.4, 0.5) is 4.79 Å². The van der Waals surface area contributed by atoms with Crippen LogP contribution in [0.1, 0.15) is 40.0 Å². The molecule has 1 aliphatic heterocycles. The summed E-state index contributed by atoms with van der Waals surface area (Å²) in [7, 11) is -3.80. The first-order chi connectivity index (χ1) is 14.5. The van der Waals surface area contributed by atoms with Crippen molar-refractivity contribution in [3.63, 3.8) is 0 Å². The highest BCUT2D eigenvalue weighted by molar-refractivity contribution is 7.98. The molecule has 1 aromatic carbocycles. The number of thioether (sulfide) groups is 1. The third-order valence-corrected chi connectivity index (χ3v) is 6.92. The summed E-state index contributed by atoms with van der Waals surface area (Å²) >= 11 is 1.56. The topological polar surface area (TPSA) is 105 Å². The molecule has 1 unspecified atom stereocenters. The highest BCUT2D eigenvalue weighted by Crippen LogP contribution is 2.17. The molecular weight excluding hydrogens is 438 g/mol. The number of benzene rings is 1. The van der Waals surface area contributed by atoms with Crippen molar-refractivity contribution in [2.24, 2.45) is 0 Å². The Morgan fingerprint density at radius 1 is 1.19 bits per heavy atom. The number of nitrogens with one attached hydrogen (secondary N) is 2. The molecule has 174 valence electrons. The SMILES string of the molecule is CSCCC(NS(=O)(=O)c1ccccc1)C(=O)N1CCC(NC(=O)OC(C)(C)C)CC1. The van der Waals surface area contributed by atoms with Crippen molar-refractivity contribution in [2.75, 3.05) is 25.1 Å². The van der Waals surface area contributed by atoms with Gasteiger partial charge in [0.25, 0.3) is 0 Å². The minimum absolute atomic E-state index is 0.0791. The molecule has 1 saturated heterocycles. The summed E-state index contributed by atoms with van der Waals surface area (Å²) in [5, 5.41) is 2.84. The standard InChI is InChI=1S/C21H33N3O5S2/c1-21(2,3)29-20(26)22-16-10-13-24(14-11-16)19(25)18(12-15-30-4)23-31(27,28)17-8-6-5-7-9-17/h5-9,16,18,23H,10-15H2,1-4H3,(H,22,26). The van der Waals surface area contributed by atoms with Crippen molar-refractivity contribution in [1.29, 1.82) is 0 Å².